The largest absolute Gasteiger partial charge is 0.363 e. The van der Waals surface area contributed by atoms with Gasteiger partial charge in [0.2, 0.25) is 0 Å². The Morgan fingerprint density at radius 3 is 2.55 bits per heavy atom. The molecular formula is C17H29N3. The number of para-hydroxylation sites is 1. The first kappa shape index (κ1) is 15.3. The Labute approximate surface area is 123 Å². The summed E-state index contributed by atoms with van der Waals surface area (Å²) in [5, 5.41) is 0. The zero-order valence-electron chi connectivity index (χ0n) is 13.4. The minimum Gasteiger partial charge on any atom is -0.363 e. The average molecular weight is 275 g/mol. The Balaban J connectivity index is 2.32. The normalized spacial score (nSPS) is 23.5. The molecule has 1 atom stereocenters. The van der Waals surface area contributed by atoms with Crippen molar-refractivity contribution in [3.8, 4) is 0 Å². The van der Waals surface area contributed by atoms with Gasteiger partial charge in [0, 0.05) is 37.9 Å². The van der Waals surface area contributed by atoms with Crippen LogP contribution in [0.2, 0.25) is 0 Å². The van der Waals surface area contributed by atoms with E-state index in [9.17, 15) is 0 Å². The number of hydrogen-bond acceptors (Lipinski definition) is 3. The number of hydrogen-bond donors (Lipinski definition) is 1. The molecule has 1 aliphatic heterocycles. The molecule has 1 unspecified atom stereocenters. The third-order valence-corrected chi connectivity index (χ3v) is 4.77. The van der Waals surface area contributed by atoms with Crippen LogP contribution < -0.4 is 10.6 Å². The van der Waals surface area contributed by atoms with Gasteiger partial charge in [-0.05, 0) is 45.7 Å². The lowest BCUT2D eigenvalue weighted by atomic mass is 9.94. The first-order valence-electron chi connectivity index (χ1n) is 7.81. The average Bonchev–Trinajstić information content (AvgIpc) is 2.88. The second-order valence-electron chi connectivity index (χ2n) is 6.27. The predicted molar refractivity (Wildman–Crippen MR) is 87.3 cm³/mol. The van der Waals surface area contributed by atoms with Crippen LogP contribution >= 0.6 is 0 Å². The summed E-state index contributed by atoms with van der Waals surface area (Å²) >= 11 is 0. The SMILES string of the molecule is CCN(c1ccccc1C)C1(CN)CCN(C(C)C)C1. The van der Waals surface area contributed by atoms with Crippen LogP contribution in [0.1, 0.15) is 32.8 Å². The Bertz CT molecular complexity index is 444. The molecule has 0 bridgehead atoms. The highest BCUT2D eigenvalue weighted by molar-refractivity contribution is 5.55. The molecule has 1 heterocycles. The summed E-state index contributed by atoms with van der Waals surface area (Å²) in [5.41, 5.74) is 8.99. The third kappa shape index (κ3) is 2.70. The van der Waals surface area contributed by atoms with Crippen LogP contribution in [0.5, 0.6) is 0 Å². The molecule has 1 aromatic carbocycles. The van der Waals surface area contributed by atoms with E-state index in [1.54, 1.807) is 0 Å². The van der Waals surface area contributed by atoms with Gasteiger partial charge in [-0.3, -0.25) is 4.90 Å². The van der Waals surface area contributed by atoms with Crippen molar-refractivity contribution >= 4 is 5.69 Å². The summed E-state index contributed by atoms with van der Waals surface area (Å²) in [6, 6.07) is 9.26. The summed E-state index contributed by atoms with van der Waals surface area (Å²) in [5.74, 6) is 0. The molecule has 2 N–H and O–H groups in total. The van der Waals surface area contributed by atoms with Gasteiger partial charge in [0.25, 0.3) is 0 Å². The highest BCUT2D eigenvalue weighted by Crippen LogP contribution is 2.34. The highest BCUT2D eigenvalue weighted by atomic mass is 15.3. The van der Waals surface area contributed by atoms with Gasteiger partial charge in [0.1, 0.15) is 0 Å². The molecular weight excluding hydrogens is 246 g/mol. The fourth-order valence-corrected chi connectivity index (χ4v) is 3.45. The van der Waals surface area contributed by atoms with Crippen LogP contribution in [0.4, 0.5) is 5.69 Å². The lowest BCUT2D eigenvalue weighted by molar-refractivity contribution is 0.254. The van der Waals surface area contributed by atoms with Crippen molar-refractivity contribution in [2.24, 2.45) is 5.73 Å². The molecule has 3 nitrogen and oxygen atoms in total. The number of benzene rings is 1. The van der Waals surface area contributed by atoms with Crippen LogP contribution in [-0.4, -0.2) is 42.7 Å². The number of anilines is 1. The van der Waals surface area contributed by atoms with Crippen molar-refractivity contribution in [1.82, 2.24) is 4.90 Å². The molecule has 1 aliphatic rings. The van der Waals surface area contributed by atoms with Crippen molar-refractivity contribution in [1.29, 1.82) is 0 Å². The van der Waals surface area contributed by atoms with Crippen LogP contribution in [0, 0.1) is 6.92 Å². The van der Waals surface area contributed by atoms with Gasteiger partial charge in [0.05, 0.1) is 5.54 Å². The van der Waals surface area contributed by atoms with Gasteiger partial charge in [-0.1, -0.05) is 18.2 Å². The van der Waals surface area contributed by atoms with E-state index < -0.39 is 0 Å². The van der Waals surface area contributed by atoms with Crippen molar-refractivity contribution in [2.45, 2.75) is 45.7 Å². The molecule has 1 fully saturated rings. The van der Waals surface area contributed by atoms with Gasteiger partial charge in [-0.15, -0.1) is 0 Å². The Morgan fingerprint density at radius 2 is 2.05 bits per heavy atom. The first-order chi connectivity index (χ1) is 9.54. The fraction of sp³-hybridized carbons (Fsp3) is 0.647. The number of likely N-dealkylation sites (N-methyl/N-ethyl adjacent to an activating group) is 1. The van der Waals surface area contributed by atoms with Crippen LogP contribution in [0.25, 0.3) is 0 Å². The molecule has 0 spiro atoms. The maximum atomic E-state index is 6.23. The predicted octanol–water partition coefficient (Wildman–Crippen LogP) is 2.63. The zero-order chi connectivity index (χ0) is 14.8. The molecule has 0 amide bonds. The van der Waals surface area contributed by atoms with Gasteiger partial charge in [-0.25, -0.2) is 0 Å². The lowest BCUT2D eigenvalue weighted by Crippen LogP contribution is -2.56. The van der Waals surface area contributed by atoms with E-state index in [2.05, 4.69) is 61.8 Å². The van der Waals surface area contributed by atoms with E-state index in [1.807, 2.05) is 0 Å². The summed E-state index contributed by atoms with van der Waals surface area (Å²) < 4.78 is 0. The molecule has 3 heteroatoms. The minimum absolute atomic E-state index is 0.0884. The maximum Gasteiger partial charge on any atom is 0.0662 e. The first-order valence-corrected chi connectivity index (χ1v) is 7.81. The van der Waals surface area contributed by atoms with Gasteiger partial charge in [-0.2, -0.15) is 0 Å². The Morgan fingerprint density at radius 1 is 1.35 bits per heavy atom. The molecule has 1 aromatic rings. The van der Waals surface area contributed by atoms with E-state index in [0.29, 0.717) is 6.04 Å². The molecule has 112 valence electrons. The van der Waals surface area contributed by atoms with Crippen molar-refractivity contribution in [3.63, 3.8) is 0 Å². The standard InChI is InChI=1S/C17H29N3/c1-5-20(16-9-7-6-8-15(16)4)17(12-18)10-11-19(13-17)14(2)3/h6-9,14H,5,10-13,18H2,1-4H3. The summed E-state index contributed by atoms with van der Waals surface area (Å²) in [7, 11) is 0. The Hall–Kier alpha value is -1.06. The number of rotatable bonds is 5. The maximum absolute atomic E-state index is 6.23. The number of nitrogens with zero attached hydrogens (tertiary/aromatic N) is 2. The van der Waals surface area contributed by atoms with E-state index in [4.69, 9.17) is 5.73 Å². The molecule has 0 radical (unpaired) electrons. The van der Waals surface area contributed by atoms with Crippen LogP contribution in [0.3, 0.4) is 0 Å². The van der Waals surface area contributed by atoms with E-state index >= 15 is 0 Å². The number of aryl methyl sites for hydroxylation is 1. The number of likely N-dealkylation sites (tertiary alicyclic amines) is 1. The van der Waals surface area contributed by atoms with Crippen molar-refractivity contribution in [2.75, 3.05) is 31.1 Å². The van der Waals surface area contributed by atoms with Gasteiger partial charge < -0.3 is 10.6 Å². The minimum atomic E-state index is 0.0884. The topological polar surface area (TPSA) is 32.5 Å². The molecule has 1 saturated heterocycles. The number of nitrogens with two attached hydrogens (primary N) is 1. The summed E-state index contributed by atoms with van der Waals surface area (Å²) in [6.45, 7) is 12.9. The molecule has 0 saturated carbocycles. The van der Waals surface area contributed by atoms with Crippen molar-refractivity contribution in [3.05, 3.63) is 29.8 Å². The van der Waals surface area contributed by atoms with Gasteiger partial charge in [0.15, 0.2) is 0 Å². The van der Waals surface area contributed by atoms with Crippen molar-refractivity contribution < 1.29 is 0 Å². The molecule has 20 heavy (non-hydrogen) atoms. The molecule has 2 rings (SSSR count). The second kappa shape index (κ2) is 6.15. The quantitative estimate of drug-likeness (QED) is 0.896. The van der Waals surface area contributed by atoms with Crippen LogP contribution in [0.15, 0.2) is 24.3 Å². The summed E-state index contributed by atoms with van der Waals surface area (Å²) in [6.07, 6.45) is 1.16. The highest BCUT2D eigenvalue weighted by Gasteiger charge is 2.42. The summed E-state index contributed by atoms with van der Waals surface area (Å²) in [4.78, 5) is 5.08. The lowest BCUT2D eigenvalue weighted by Gasteiger charge is -2.43. The van der Waals surface area contributed by atoms with E-state index in [0.717, 1.165) is 32.6 Å². The molecule has 0 aliphatic carbocycles. The Kier molecular flexibility index (Phi) is 4.71. The monoisotopic (exact) mass is 275 g/mol. The van der Waals surface area contributed by atoms with E-state index in [-0.39, 0.29) is 5.54 Å². The molecule has 0 aromatic heterocycles. The third-order valence-electron chi connectivity index (χ3n) is 4.77. The van der Waals surface area contributed by atoms with E-state index in [1.165, 1.54) is 11.3 Å². The smallest absolute Gasteiger partial charge is 0.0662 e. The zero-order valence-corrected chi connectivity index (χ0v) is 13.4. The van der Waals surface area contributed by atoms with Crippen LogP contribution in [-0.2, 0) is 0 Å². The second-order valence-corrected chi connectivity index (χ2v) is 6.27. The van der Waals surface area contributed by atoms with Gasteiger partial charge >= 0.3 is 0 Å². The fourth-order valence-electron chi connectivity index (χ4n) is 3.45.